The number of carbonyl (C=O) groups excluding carboxylic acids is 1. The lowest BCUT2D eigenvalue weighted by Crippen LogP contribution is -2.24. The number of hydrogen-bond donors (Lipinski definition) is 2. The first kappa shape index (κ1) is 19.5. The lowest BCUT2D eigenvalue weighted by molar-refractivity contribution is 0.249. The molecule has 23 heavy (non-hydrogen) atoms. The van der Waals surface area contributed by atoms with E-state index in [1.54, 1.807) is 31.2 Å². The number of hydrogen-bond acceptors (Lipinski definition) is 6. The third-order valence-electron chi connectivity index (χ3n) is 2.54. The molecule has 128 valence electrons. The minimum atomic E-state index is -3.31. The van der Waals surface area contributed by atoms with Crippen molar-refractivity contribution in [3.63, 3.8) is 0 Å². The molecule has 1 aromatic rings. The third-order valence-corrected chi connectivity index (χ3v) is 6.36. The Morgan fingerprint density at radius 3 is 2.83 bits per heavy atom. The van der Waals surface area contributed by atoms with Crippen LogP contribution in [0.2, 0.25) is 0 Å². The lowest BCUT2D eigenvalue weighted by Gasteiger charge is -2.18. The van der Waals surface area contributed by atoms with Gasteiger partial charge in [0.25, 0.3) is 0 Å². The largest absolute Gasteiger partial charge is 0.440 e. The van der Waals surface area contributed by atoms with E-state index in [2.05, 4.69) is 17.5 Å². The molecule has 0 spiro atoms. The van der Waals surface area contributed by atoms with Gasteiger partial charge in [0.05, 0.1) is 12.8 Å². The highest BCUT2D eigenvalue weighted by Gasteiger charge is 2.27. The number of rotatable bonds is 10. The molecule has 0 saturated heterocycles. The van der Waals surface area contributed by atoms with Crippen LogP contribution < -0.4 is 15.7 Å². The summed E-state index contributed by atoms with van der Waals surface area (Å²) in [5.41, 5.74) is 7.59. The highest BCUT2D eigenvalue weighted by molar-refractivity contribution is 8.55. The highest BCUT2D eigenvalue weighted by atomic mass is 32.7. The number of urea groups is 1. The van der Waals surface area contributed by atoms with Crippen molar-refractivity contribution in [1.29, 1.82) is 0 Å². The van der Waals surface area contributed by atoms with Gasteiger partial charge in [-0.1, -0.05) is 25.5 Å². The molecule has 1 atom stereocenters. The number of para-hydroxylation sites is 1. The average molecular weight is 359 g/mol. The summed E-state index contributed by atoms with van der Waals surface area (Å²) in [5.74, 6) is 1.05. The van der Waals surface area contributed by atoms with Gasteiger partial charge < -0.3 is 10.3 Å². The van der Waals surface area contributed by atoms with Crippen LogP contribution in [0.3, 0.4) is 0 Å². The molecular formula is C14H22N3O4PS. The molecule has 0 bridgehead atoms. The topological polar surface area (TPSA) is 103 Å². The quantitative estimate of drug-likeness (QED) is 0.287. The monoisotopic (exact) mass is 359 g/mol. The van der Waals surface area contributed by atoms with Gasteiger partial charge in [0.15, 0.2) is 0 Å². The maximum absolute atomic E-state index is 12.8. The minimum absolute atomic E-state index is 0.288. The molecule has 0 aliphatic carbocycles. The summed E-state index contributed by atoms with van der Waals surface area (Å²) in [6.45, 7) is 0.806. The Kier molecular flexibility index (Phi) is 8.76. The van der Waals surface area contributed by atoms with Crippen LogP contribution in [0.4, 0.5) is 4.79 Å². The fourth-order valence-corrected chi connectivity index (χ4v) is 5.07. The summed E-state index contributed by atoms with van der Waals surface area (Å²) in [5, 5.41) is 3.69. The summed E-state index contributed by atoms with van der Waals surface area (Å²) < 4.78 is 23.8. The standard InChI is InChI=1S/C14H22N3O4PS/c1-3-5-10-23-22(19,20-4-2)21-13-9-7-6-8-12(13)11-16-17-14(15)18/h6-9,11H,3-5,10H2,1-2H3,(H3,15,17,18). The van der Waals surface area contributed by atoms with Crippen LogP contribution in [0.25, 0.3) is 0 Å². The SMILES string of the molecule is CCCCSP(=O)(OCC)Oc1ccccc1C=NNC(N)=O. The van der Waals surface area contributed by atoms with Crippen LogP contribution in [-0.4, -0.2) is 24.6 Å². The van der Waals surface area contributed by atoms with Crippen molar-refractivity contribution in [3.05, 3.63) is 29.8 Å². The molecule has 3 N–H and O–H groups in total. The molecule has 0 aliphatic heterocycles. The Bertz CT molecular complexity index is 583. The number of unbranched alkanes of at least 4 members (excludes halogenated alkanes) is 1. The van der Waals surface area contributed by atoms with Crippen molar-refractivity contribution in [2.75, 3.05) is 12.4 Å². The predicted octanol–water partition coefficient (Wildman–Crippen LogP) is 3.75. The van der Waals surface area contributed by atoms with E-state index in [4.69, 9.17) is 14.8 Å². The second-order valence-corrected chi connectivity index (χ2v) is 8.53. The van der Waals surface area contributed by atoms with Crippen molar-refractivity contribution in [3.8, 4) is 5.75 Å². The van der Waals surface area contributed by atoms with Crippen molar-refractivity contribution < 1.29 is 18.4 Å². The van der Waals surface area contributed by atoms with Gasteiger partial charge in [-0.25, -0.2) is 14.8 Å². The number of nitrogens with one attached hydrogen (secondary N) is 1. The maximum Gasteiger partial charge on any atom is 0.440 e. The predicted molar refractivity (Wildman–Crippen MR) is 94.0 cm³/mol. The van der Waals surface area contributed by atoms with E-state index in [1.807, 2.05) is 0 Å². The number of benzene rings is 1. The summed E-state index contributed by atoms with van der Waals surface area (Å²) in [4.78, 5) is 10.6. The molecule has 0 radical (unpaired) electrons. The zero-order valence-corrected chi connectivity index (χ0v) is 14.9. The average Bonchev–Trinajstić information content (AvgIpc) is 2.49. The van der Waals surface area contributed by atoms with Gasteiger partial charge in [-0.15, -0.1) is 0 Å². The first-order valence-corrected chi connectivity index (χ1v) is 10.4. The second-order valence-electron chi connectivity index (χ2n) is 4.42. The smallest absolute Gasteiger partial charge is 0.416 e. The van der Waals surface area contributed by atoms with Crippen molar-refractivity contribution >= 4 is 30.4 Å². The van der Waals surface area contributed by atoms with Gasteiger partial charge in [0, 0.05) is 11.3 Å². The molecular weight excluding hydrogens is 337 g/mol. The van der Waals surface area contributed by atoms with Crippen LogP contribution in [0, 0.1) is 0 Å². The number of primary amides is 1. The van der Waals surface area contributed by atoms with E-state index in [9.17, 15) is 9.36 Å². The van der Waals surface area contributed by atoms with E-state index < -0.39 is 12.8 Å². The normalized spacial score (nSPS) is 13.7. The molecule has 7 nitrogen and oxygen atoms in total. The molecule has 9 heteroatoms. The van der Waals surface area contributed by atoms with Crippen LogP contribution in [0.15, 0.2) is 29.4 Å². The number of nitrogens with two attached hydrogens (primary N) is 1. The number of hydrazone groups is 1. The Balaban J connectivity index is 2.88. The first-order valence-electron chi connectivity index (χ1n) is 7.27. The van der Waals surface area contributed by atoms with Crippen LogP contribution in [0.5, 0.6) is 5.75 Å². The zero-order valence-electron chi connectivity index (χ0n) is 13.2. The molecule has 0 saturated carbocycles. The van der Waals surface area contributed by atoms with E-state index in [0.717, 1.165) is 12.8 Å². The minimum Gasteiger partial charge on any atom is -0.416 e. The molecule has 2 amide bonds. The number of amides is 2. The summed E-state index contributed by atoms with van der Waals surface area (Å²) in [6.07, 6.45) is 3.30. The van der Waals surface area contributed by atoms with Crippen LogP contribution in [-0.2, 0) is 9.09 Å². The van der Waals surface area contributed by atoms with Gasteiger partial charge in [-0.2, -0.15) is 5.10 Å². The third kappa shape index (κ3) is 7.54. The lowest BCUT2D eigenvalue weighted by atomic mass is 10.2. The molecule has 0 heterocycles. The first-order chi connectivity index (χ1) is 11.0. The molecule has 1 rings (SSSR count). The number of nitrogens with zero attached hydrogens (tertiary/aromatic N) is 1. The summed E-state index contributed by atoms with van der Waals surface area (Å²) >= 11 is 1.18. The van der Waals surface area contributed by atoms with Gasteiger partial charge in [-0.05, 0) is 36.9 Å². The Labute approximate surface area is 140 Å². The maximum atomic E-state index is 12.8. The van der Waals surface area contributed by atoms with Crippen molar-refractivity contribution in [2.24, 2.45) is 10.8 Å². The van der Waals surface area contributed by atoms with Gasteiger partial charge in [0.2, 0.25) is 0 Å². The van der Waals surface area contributed by atoms with E-state index in [0.29, 0.717) is 17.1 Å². The molecule has 1 unspecified atom stereocenters. The van der Waals surface area contributed by atoms with Crippen LogP contribution in [0.1, 0.15) is 32.3 Å². The van der Waals surface area contributed by atoms with Gasteiger partial charge >= 0.3 is 12.8 Å². The fourth-order valence-electron chi connectivity index (χ4n) is 1.52. The van der Waals surface area contributed by atoms with Gasteiger partial charge in [0.1, 0.15) is 5.75 Å². The van der Waals surface area contributed by atoms with Crippen LogP contribution >= 0.6 is 18.2 Å². The molecule has 0 aromatic heterocycles. The molecule has 1 aromatic carbocycles. The van der Waals surface area contributed by atoms with E-state index in [1.165, 1.54) is 17.6 Å². The Morgan fingerprint density at radius 2 is 2.17 bits per heavy atom. The highest BCUT2D eigenvalue weighted by Crippen LogP contribution is 2.60. The van der Waals surface area contributed by atoms with Crippen molar-refractivity contribution in [1.82, 2.24) is 5.43 Å². The fraction of sp³-hybridized carbons (Fsp3) is 0.429. The summed E-state index contributed by atoms with van der Waals surface area (Å²) in [6, 6.07) is 6.14. The zero-order chi connectivity index (χ0) is 17.1. The molecule has 0 aliphatic rings. The van der Waals surface area contributed by atoms with E-state index >= 15 is 0 Å². The summed E-state index contributed by atoms with van der Waals surface area (Å²) in [7, 11) is 0. The Morgan fingerprint density at radius 1 is 1.43 bits per heavy atom. The van der Waals surface area contributed by atoms with Gasteiger partial charge in [-0.3, -0.25) is 4.52 Å². The second kappa shape index (κ2) is 10.3. The Hall–Kier alpha value is -1.50. The van der Waals surface area contributed by atoms with Crippen molar-refractivity contribution in [2.45, 2.75) is 26.7 Å². The number of carbonyl (C=O) groups is 1. The molecule has 0 fully saturated rings. The van der Waals surface area contributed by atoms with E-state index in [-0.39, 0.29) is 6.61 Å².